The molecule has 15 heavy (non-hydrogen) atoms. The Morgan fingerprint density at radius 2 is 2.27 bits per heavy atom. The molecule has 1 aliphatic rings. The Morgan fingerprint density at radius 3 is 2.87 bits per heavy atom. The number of thiophene rings is 1. The first kappa shape index (κ1) is 11.0. The highest BCUT2D eigenvalue weighted by Crippen LogP contribution is 2.34. The highest BCUT2D eigenvalue weighted by atomic mass is 32.1. The van der Waals surface area contributed by atoms with E-state index in [2.05, 4.69) is 0 Å². The lowest BCUT2D eigenvalue weighted by Gasteiger charge is -2.07. The van der Waals surface area contributed by atoms with Gasteiger partial charge in [-0.1, -0.05) is 0 Å². The number of nitrogens with two attached hydrogens (primary N) is 1. The molecule has 0 spiro atoms. The smallest absolute Gasteiger partial charge is 0.193 e. The van der Waals surface area contributed by atoms with Crippen molar-refractivity contribution in [2.75, 3.05) is 13.2 Å². The summed E-state index contributed by atoms with van der Waals surface area (Å²) in [5, 5.41) is 8.72. The molecule has 1 saturated heterocycles. The zero-order valence-corrected chi connectivity index (χ0v) is 9.21. The van der Waals surface area contributed by atoms with Gasteiger partial charge in [-0.25, -0.2) is 0 Å². The third-order valence-corrected chi connectivity index (χ3v) is 3.60. The van der Waals surface area contributed by atoms with Gasteiger partial charge in [0.15, 0.2) is 6.29 Å². The van der Waals surface area contributed by atoms with Gasteiger partial charge in [-0.05, 0) is 18.6 Å². The van der Waals surface area contributed by atoms with E-state index >= 15 is 0 Å². The van der Waals surface area contributed by atoms with Crippen LogP contribution in [0, 0.1) is 6.92 Å². The van der Waals surface area contributed by atoms with Crippen molar-refractivity contribution >= 4 is 11.3 Å². The zero-order valence-electron chi connectivity index (χ0n) is 8.40. The van der Waals surface area contributed by atoms with Crippen molar-refractivity contribution < 1.29 is 14.7 Å². The van der Waals surface area contributed by atoms with Crippen LogP contribution in [-0.4, -0.2) is 18.4 Å². The number of hydroxylamine groups is 1. The molecule has 0 saturated carbocycles. The van der Waals surface area contributed by atoms with Crippen molar-refractivity contribution in [2.45, 2.75) is 19.4 Å². The van der Waals surface area contributed by atoms with Crippen LogP contribution in [0.25, 0.3) is 0 Å². The maximum Gasteiger partial charge on any atom is 0.193 e. The van der Waals surface area contributed by atoms with Crippen LogP contribution in [0.15, 0.2) is 6.07 Å². The second kappa shape index (κ2) is 4.56. The maximum atomic E-state index is 8.72. The third-order valence-electron chi connectivity index (χ3n) is 2.26. The summed E-state index contributed by atoms with van der Waals surface area (Å²) in [5.41, 5.74) is 8.74. The molecule has 2 heterocycles. The highest BCUT2D eigenvalue weighted by molar-refractivity contribution is 7.12. The molecule has 0 aromatic carbocycles. The van der Waals surface area contributed by atoms with E-state index in [4.69, 9.17) is 20.4 Å². The molecule has 0 aliphatic carbocycles. The van der Waals surface area contributed by atoms with Crippen LogP contribution in [-0.2, 0) is 9.47 Å². The van der Waals surface area contributed by atoms with Gasteiger partial charge in [-0.3, -0.25) is 0 Å². The van der Waals surface area contributed by atoms with Gasteiger partial charge < -0.3 is 20.4 Å². The second-order valence-electron chi connectivity index (χ2n) is 3.38. The quantitative estimate of drug-likeness (QED) is 0.534. The summed E-state index contributed by atoms with van der Waals surface area (Å²) in [6.45, 7) is 3.23. The van der Waals surface area contributed by atoms with Crippen molar-refractivity contribution in [2.24, 2.45) is 5.73 Å². The van der Waals surface area contributed by atoms with E-state index in [1.54, 1.807) is 0 Å². The van der Waals surface area contributed by atoms with Crippen LogP contribution in [0.2, 0.25) is 0 Å². The Bertz CT molecular complexity index is 336. The predicted molar refractivity (Wildman–Crippen MR) is 55.6 cm³/mol. The fourth-order valence-corrected chi connectivity index (χ4v) is 2.60. The molecule has 1 fully saturated rings. The van der Waals surface area contributed by atoms with Gasteiger partial charge >= 0.3 is 0 Å². The van der Waals surface area contributed by atoms with Gasteiger partial charge in [0.2, 0.25) is 0 Å². The molecule has 6 heteroatoms. The molecule has 0 radical (unpaired) electrons. The number of rotatable bonds is 3. The molecule has 1 aliphatic heterocycles. The fourth-order valence-electron chi connectivity index (χ4n) is 1.48. The molecule has 5 nitrogen and oxygen atoms in total. The number of aryl methyl sites for hydroxylation is 1. The minimum Gasteiger partial charge on any atom is -0.345 e. The van der Waals surface area contributed by atoms with E-state index in [-0.39, 0.29) is 6.29 Å². The highest BCUT2D eigenvalue weighted by Gasteiger charge is 2.23. The zero-order chi connectivity index (χ0) is 10.8. The molecular formula is C9H14N2O3S. The summed E-state index contributed by atoms with van der Waals surface area (Å²) in [7, 11) is 0. The second-order valence-corrected chi connectivity index (χ2v) is 4.49. The van der Waals surface area contributed by atoms with Gasteiger partial charge in [-0.15, -0.1) is 11.3 Å². The maximum absolute atomic E-state index is 8.72. The minimum absolute atomic E-state index is 0.269. The summed E-state index contributed by atoms with van der Waals surface area (Å²) in [6.07, 6.45) is -0.821. The summed E-state index contributed by atoms with van der Waals surface area (Å²) < 4.78 is 10.8. The van der Waals surface area contributed by atoms with Crippen LogP contribution >= 0.6 is 11.3 Å². The molecule has 1 unspecified atom stereocenters. The van der Waals surface area contributed by atoms with Gasteiger partial charge in [0.05, 0.1) is 18.1 Å². The summed E-state index contributed by atoms with van der Waals surface area (Å²) in [4.78, 5) is 1.89. The molecule has 1 aromatic rings. The topological polar surface area (TPSA) is 76.7 Å². The Morgan fingerprint density at radius 1 is 1.60 bits per heavy atom. The summed E-state index contributed by atoms with van der Waals surface area (Å²) in [5.74, 6) is 0. The van der Waals surface area contributed by atoms with E-state index in [1.165, 1.54) is 11.3 Å². The lowest BCUT2D eigenvalue weighted by Crippen LogP contribution is -2.24. The Hall–Kier alpha value is -0.500. The Balaban J connectivity index is 2.20. The van der Waals surface area contributed by atoms with Crippen molar-refractivity contribution in [1.29, 1.82) is 0 Å². The molecular weight excluding hydrogens is 216 g/mol. The van der Waals surface area contributed by atoms with E-state index in [9.17, 15) is 0 Å². The standard InChI is InChI=1S/C9H14N2O3S/c1-5-4-6(8(10)11-12)15-7(5)9-13-2-3-14-9/h4,8-9,11-12H,2-3,10H2,1H3. The Kier molecular flexibility index (Phi) is 3.35. The van der Waals surface area contributed by atoms with Crippen LogP contribution in [0.4, 0.5) is 0 Å². The monoisotopic (exact) mass is 230 g/mol. The van der Waals surface area contributed by atoms with Crippen molar-refractivity contribution in [3.63, 3.8) is 0 Å². The molecule has 0 bridgehead atoms. The minimum atomic E-state index is -0.552. The van der Waals surface area contributed by atoms with E-state index in [1.807, 2.05) is 18.5 Å². The van der Waals surface area contributed by atoms with E-state index < -0.39 is 6.17 Å². The van der Waals surface area contributed by atoms with Gasteiger partial charge in [0.1, 0.15) is 6.17 Å². The molecule has 84 valence electrons. The normalized spacial score (nSPS) is 19.7. The fraction of sp³-hybridized carbons (Fsp3) is 0.556. The van der Waals surface area contributed by atoms with E-state index in [0.717, 1.165) is 15.3 Å². The Labute approximate surface area is 91.8 Å². The first-order valence-corrected chi connectivity index (χ1v) is 5.52. The van der Waals surface area contributed by atoms with Crippen molar-refractivity contribution in [1.82, 2.24) is 5.48 Å². The average Bonchev–Trinajstić information content (AvgIpc) is 2.84. The van der Waals surface area contributed by atoms with Gasteiger partial charge in [-0.2, -0.15) is 5.48 Å². The first-order valence-electron chi connectivity index (χ1n) is 4.71. The van der Waals surface area contributed by atoms with Gasteiger partial charge in [0.25, 0.3) is 0 Å². The van der Waals surface area contributed by atoms with Gasteiger partial charge in [0, 0.05) is 4.88 Å². The lowest BCUT2D eigenvalue weighted by molar-refractivity contribution is -0.0417. The third kappa shape index (κ3) is 2.20. The summed E-state index contributed by atoms with van der Waals surface area (Å²) >= 11 is 1.49. The van der Waals surface area contributed by atoms with Crippen LogP contribution in [0.1, 0.15) is 27.8 Å². The first-order chi connectivity index (χ1) is 7.22. The molecule has 1 atom stereocenters. The van der Waals surface area contributed by atoms with Crippen molar-refractivity contribution in [3.05, 3.63) is 21.4 Å². The average molecular weight is 230 g/mol. The number of ether oxygens (including phenoxy) is 2. The van der Waals surface area contributed by atoms with Crippen LogP contribution in [0.3, 0.4) is 0 Å². The molecule has 4 N–H and O–H groups in total. The molecule has 1 aromatic heterocycles. The largest absolute Gasteiger partial charge is 0.345 e. The predicted octanol–water partition coefficient (Wildman–Crippen LogP) is 1.04. The van der Waals surface area contributed by atoms with Crippen molar-refractivity contribution in [3.8, 4) is 0 Å². The SMILES string of the molecule is Cc1cc(C(N)NO)sc1C1OCCO1. The van der Waals surface area contributed by atoms with Crippen LogP contribution in [0.5, 0.6) is 0 Å². The number of hydrogen-bond acceptors (Lipinski definition) is 6. The lowest BCUT2D eigenvalue weighted by atomic mass is 10.2. The van der Waals surface area contributed by atoms with E-state index in [0.29, 0.717) is 13.2 Å². The molecule has 0 amide bonds. The number of hydrogen-bond donors (Lipinski definition) is 3. The number of nitrogens with one attached hydrogen (secondary N) is 1. The molecule has 2 rings (SSSR count). The summed E-state index contributed by atoms with van der Waals surface area (Å²) in [6, 6.07) is 1.93. The van der Waals surface area contributed by atoms with Crippen LogP contribution < -0.4 is 11.2 Å².